The number of para-hydroxylation sites is 2. The van der Waals surface area contributed by atoms with E-state index in [0.29, 0.717) is 12.5 Å². The van der Waals surface area contributed by atoms with Gasteiger partial charge in [-0.05, 0) is 24.6 Å². The van der Waals surface area contributed by atoms with Gasteiger partial charge < -0.3 is 4.57 Å². The fraction of sp³-hybridized carbons (Fsp3) is 0.263. The average Bonchev–Trinajstić information content (AvgIpc) is 3.26. The molecule has 6 heteroatoms. The van der Waals surface area contributed by atoms with Crippen LogP contribution in [0.3, 0.4) is 0 Å². The molecule has 3 N–H and O–H groups in total. The molecule has 0 aliphatic carbocycles. The molecule has 1 aliphatic heterocycles. The Kier molecular flexibility index (Phi) is 4.21. The summed E-state index contributed by atoms with van der Waals surface area (Å²) in [7, 11) is 0. The van der Waals surface area contributed by atoms with E-state index in [0.717, 1.165) is 23.1 Å². The predicted molar refractivity (Wildman–Crippen MR) is 97.8 cm³/mol. The van der Waals surface area contributed by atoms with Crippen LogP contribution >= 0.6 is 0 Å². The zero-order chi connectivity index (χ0) is 17.2. The van der Waals surface area contributed by atoms with Crippen molar-refractivity contribution in [2.45, 2.75) is 19.5 Å². The van der Waals surface area contributed by atoms with Gasteiger partial charge in [-0.3, -0.25) is 15.5 Å². The summed E-state index contributed by atoms with van der Waals surface area (Å²) < 4.78 is 2.03. The van der Waals surface area contributed by atoms with E-state index in [-0.39, 0.29) is 17.9 Å². The van der Waals surface area contributed by atoms with E-state index in [1.165, 1.54) is 0 Å². The van der Waals surface area contributed by atoms with Crippen LogP contribution in [0.5, 0.6) is 0 Å². The number of imidazole rings is 1. The van der Waals surface area contributed by atoms with Crippen molar-refractivity contribution in [3.8, 4) is 0 Å². The van der Waals surface area contributed by atoms with Crippen molar-refractivity contribution in [1.82, 2.24) is 20.4 Å². The quantitative estimate of drug-likeness (QED) is 0.685. The highest BCUT2D eigenvalue weighted by atomic mass is 16.2. The third-order valence-electron chi connectivity index (χ3n) is 4.68. The molecule has 6 nitrogen and oxygen atoms in total. The maximum absolute atomic E-state index is 12.9. The highest BCUT2D eigenvalue weighted by molar-refractivity contribution is 5.94. The number of rotatable bonds is 4. The van der Waals surface area contributed by atoms with Crippen LogP contribution in [0.1, 0.15) is 18.5 Å². The lowest BCUT2D eigenvalue weighted by atomic mass is 9.94. The minimum Gasteiger partial charge on any atom is -0.310 e. The Morgan fingerprint density at radius 2 is 1.96 bits per heavy atom. The van der Waals surface area contributed by atoms with E-state index < -0.39 is 0 Å². The number of aryl methyl sites for hydroxylation is 1. The number of benzene rings is 2. The molecule has 1 aliphatic rings. The predicted octanol–water partition coefficient (Wildman–Crippen LogP) is 2.46. The van der Waals surface area contributed by atoms with Gasteiger partial charge in [-0.2, -0.15) is 0 Å². The van der Waals surface area contributed by atoms with Crippen LogP contribution in [0.4, 0.5) is 5.95 Å². The normalized spacial score (nSPS) is 20.0. The van der Waals surface area contributed by atoms with Crippen molar-refractivity contribution in [3.05, 3.63) is 60.2 Å². The SMILES string of the molecule is CCn1c(NC(=O)C2CNNC2c2ccccc2)nc2ccccc21. The van der Waals surface area contributed by atoms with Crippen molar-refractivity contribution in [3.63, 3.8) is 0 Å². The van der Waals surface area contributed by atoms with Gasteiger partial charge >= 0.3 is 0 Å². The largest absolute Gasteiger partial charge is 0.310 e. The number of hydrogen-bond donors (Lipinski definition) is 3. The molecule has 2 atom stereocenters. The van der Waals surface area contributed by atoms with Crippen molar-refractivity contribution in [2.75, 3.05) is 11.9 Å². The molecule has 3 aromatic rings. The minimum atomic E-state index is -0.201. The maximum atomic E-state index is 12.9. The number of nitrogens with one attached hydrogen (secondary N) is 3. The molecule has 1 saturated heterocycles. The fourth-order valence-electron chi connectivity index (χ4n) is 3.41. The Hall–Kier alpha value is -2.70. The van der Waals surface area contributed by atoms with E-state index in [4.69, 9.17) is 0 Å². The molecule has 0 bridgehead atoms. The van der Waals surface area contributed by atoms with Gasteiger partial charge in [0.25, 0.3) is 0 Å². The van der Waals surface area contributed by atoms with Crippen LogP contribution in [0.15, 0.2) is 54.6 Å². The summed E-state index contributed by atoms with van der Waals surface area (Å²) in [5, 5.41) is 3.03. The van der Waals surface area contributed by atoms with Gasteiger partial charge in [-0.1, -0.05) is 42.5 Å². The van der Waals surface area contributed by atoms with Gasteiger partial charge in [-0.15, -0.1) is 0 Å². The lowest BCUT2D eigenvalue weighted by molar-refractivity contribution is -0.119. The third-order valence-corrected chi connectivity index (χ3v) is 4.68. The molecule has 0 radical (unpaired) electrons. The van der Waals surface area contributed by atoms with E-state index in [1.54, 1.807) is 0 Å². The zero-order valence-corrected chi connectivity index (χ0v) is 14.1. The van der Waals surface area contributed by atoms with Crippen molar-refractivity contribution in [2.24, 2.45) is 5.92 Å². The first-order chi connectivity index (χ1) is 12.3. The Morgan fingerprint density at radius 3 is 2.76 bits per heavy atom. The topological polar surface area (TPSA) is 71.0 Å². The molecule has 1 fully saturated rings. The Labute approximate surface area is 146 Å². The number of carbonyl (C=O) groups is 1. The zero-order valence-electron chi connectivity index (χ0n) is 14.1. The van der Waals surface area contributed by atoms with Crippen LogP contribution in [-0.2, 0) is 11.3 Å². The summed E-state index contributed by atoms with van der Waals surface area (Å²) in [6, 6.07) is 17.9. The van der Waals surface area contributed by atoms with Crippen LogP contribution in [0, 0.1) is 5.92 Å². The molecule has 25 heavy (non-hydrogen) atoms. The molecular weight excluding hydrogens is 314 g/mol. The summed E-state index contributed by atoms with van der Waals surface area (Å²) >= 11 is 0. The number of hydrazine groups is 1. The molecule has 4 rings (SSSR count). The van der Waals surface area contributed by atoms with E-state index in [9.17, 15) is 4.79 Å². The van der Waals surface area contributed by atoms with Gasteiger partial charge in [0.15, 0.2) is 0 Å². The molecule has 2 heterocycles. The number of aromatic nitrogens is 2. The van der Waals surface area contributed by atoms with E-state index in [1.807, 2.05) is 59.2 Å². The number of amides is 1. The Morgan fingerprint density at radius 1 is 1.20 bits per heavy atom. The first kappa shape index (κ1) is 15.8. The number of hydrogen-bond acceptors (Lipinski definition) is 4. The lowest BCUT2D eigenvalue weighted by Crippen LogP contribution is -2.30. The molecule has 0 saturated carbocycles. The third kappa shape index (κ3) is 2.90. The van der Waals surface area contributed by atoms with Gasteiger partial charge in [0, 0.05) is 13.1 Å². The summed E-state index contributed by atoms with van der Waals surface area (Å²) in [5.74, 6) is 0.372. The van der Waals surface area contributed by atoms with Gasteiger partial charge in [0.1, 0.15) is 0 Å². The lowest BCUT2D eigenvalue weighted by Gasteiger charge is -2.18. The minimum absolute atomic E-state index is 0.0311. The highest BCUT2D eigenvalue weighted by Crippen LogP contribution is 2.26. The number of nitrogens with zero attached hydrogens (tertiary/aromatic N) is 2. The fourth-order valence-corrected chi connectivity index (χ4v) is 3.41. The van der Waals surface area contributed by atoms with Crippen LogP contribution in [0.2, 0.25) is 0 Å². The van der Waals surface area contributed by atoms with E-state index in [2.05, 4.69) is 28.1 Å². The van der Waals surface area contributed by atoms with Crippen LogP contribution in [-0.4, -0.2) is 22.0 Å². The van der Waals surface area contributed by atoms with Crippen molar-refractivity contribution in [1.29, 1.82) is 0 Å². The average molecular weight is 335 g/mol. The highest BCUT2D eigenvalue weighted by Gasteiger charge is 2.34. The summed E-state index contributed by atoms with van der Waals surface area (Å²) in [5.41, 5.74) is 9.33. The second kappa shape index (κ2) is 6.66. The number of anilines is 1. The van der Waals surface area contributed by atoms with Gasteiger partial charge in [-0.25, -0.2) is 10.4 Å². The van der Waals surface area contributed by atoms with Crippen LogP contribution in [0.25, 0.3) is 11.0 Å². The number of carbonyl (C=O) groups excluding carboxylic acids is 1. The molecule has 2 unspecified atom stereocenters. The Balaban J connectivity index is 1.60. The first-order valence-corrected chi connectivity index (χ1v) is 8.57. The Bertz CT molecular complexity index is 889. The molecular formula is C19H21N5O. The molecule has 1 aromatic heterocycles. The van der Waals surface area contributed by atoms with Crippen LogP contribution < -0.4 is 16.2 Å². The monoisotopic (exact) mass is 335 g/mol. The molecule has 128 valence electrons. The molecule has 0 spiro atoms. The smallest absolute Gasteiger partial charge is 0.233 e. The van der Waals surface area contributed by atoms with Crippen molar-refractivity contribution >= 4 is 22.9 Å². The second-order valence-corrected chi connectivity index (χ2v) is 6.18. The second-order valence-electron chi connectivity index (χ2n) is 6.18. The van der Waals surface area contributed by atoms with Gasteiger partial charge in [0.2, 0.25) is 11.9 Å². The van der Waals surface area contributed by atoms with Crippen molar-refractivity contribution < 1.29 is 4.79 Å². The number of fused-ring (bicyclic) bond motifs is 1. The molecule has 1 amide bonds. The molecule has 2 aromatic carbocycles. The summed E-state index contributed by atoms with van der Waals surface area (Å²) in [4.78, 5) is 17.5. The van der Waals surface area contributed by atoms with E-state index >= 15 is 0 Å². The van der Waals surface area contributed by atoms with Gasteiger partial charge in [0.05, 0.1) is 23.0 Å². The summed E-state index contributed by atoms with van der Waals surface area (Å²) in [6.45, 7) is 3.38. The first-order valence-electron chi connectivity index (χ1n) is 8.57. The standard InChI is InChI=1S/C19H21N5O/c1-2-24-16-11-7-6-10-15(16)21-19(24)22-18(25)14-12-20-23-17(14)13-8-4-3-5-9-13/h3-11,14,17,20,23H,2,12H2,1H3,(H,21,22,25). The summed E-state index contributed by atoms with van der Waals surface area (Å²) in [6.07, 6.45) is 0. The maximum Gasteiger partial charge on any atom is 0.233 e.